The van der Waals surface area contributed by atoms with E-state index in [1.54, 1.807) is 38.1 Å². The second kappa shape index (κ2) is 6.39. The predicted octanol–water partition coefficient (Wildman–Crippen LogP) is 2.18. The fourth-order valence-corrected chi connectivity index (χ4v) is 1.61. The lowest BCUT2D eigenvalue weighted by Gasteiger charge is -2.28. The van der Waals surface area contributed by atoms with Crippen LogP contribution in [0.2, 0.25) is 0 Å². The Bertz CT molecular complexity index is 466. The Morgan fingerprint density at radius 2 is 2.11 bits per heavy atom. The van der Waals surface area contributed by atoms with Crippen molar-refractivity contribution in [1.29, 1.82) is 5.26 Å². The summed E-state index contributed by atoms with van der Waals surface area (Å²) in [6, 6.07) is 8.47. The number of esters is 1. The van der Waals surface area contributed by atoms with Crippen molar-refractivity contribution in [3.05, 3.63) is 35.4 Å². The number of rotatable bonds is 3. The second-order valence-corrected chi connectivity index (χ2v) is 4.43. The number of halogens is 1. The number of carbonyl (C=O) groups is 1. The van der Waals surface area contributed by atoms with Gasteiger partial charge in [0.2, 0.25) is 0 Å². The van der Waals surface area contributed by atoms with Gasteiger partial charge in [0, 0.05) is 6.04 Å². The van der Waals surface area contributed by atoms with Gasteiger partial charge in [-0.1, -0.05) is 12.1 Å². The molecule has 0 saturated carbocycles. The minimum Gasteiger partial charge on any atom is -0.469 e. The molecule has 0 bridgehead atoms. The Hall–Kier alpha value is -1.57. The van der Waals surface area contributed by atoms with Crippen molar-refractivity contribution in [2.45, 2.75) is 19.9 Å². The molecule has 0 saturated heterocycles. The highest BCUT2D eigenvalue weighted by atomic mass is 35.5. The van der Waals surface area contributed by atoms with Crippen molar-refractivity contribution in [1.82, 2.24) is 0 Å². The summed E-state index contributed by atoms with van der Waals surface area (Å²) >= 11 is 0. The van der Waals surface area contributed by atoms with Crippen molar-refractivity contribution in [3.63, 3.8) is 0 Å². The van der Waals surface area contributed by atoms with Crippen LogP contribution in [-0.2, 0) is 9.53 Å². The maximum atomic E-state index is 11.6. The van der Waals surface area contributed by atoms with E-state index in [0.29, 0.717) is 5.56 Å². The molecule has 2 N–H and O–H groups in total. The van der Waals surface area contributed by atoms with Gasteiger partial charge < -0.3 is 10.5 Å². The van der Waals surface area contributed by atoms with Crippen LogP contribution in [0.4, 0.5) is 0 Å². The normalized spacial score (nSPS) is 11.9. The van der Waals surface area contributed by atoms with Gasteiger partial charge in [0.05, 0.1) is 24.2 Å². The zero-order chi connectivity index (χ0) is 13.1. The van der Waals surface area contributed by atoms with Crippen LogP contribution in [0.3, 0.4) is 0 Å². The summed E-state index contributed by atoms with van der Waals surface area (Å²) in [5.74, 6) is -0.368. The first-order chi connectivity index (χ1) is 7.93. The SMILES string of the molecule is COC(=O)C(C)(C)[C@@H](N)c1cccc(C#N)c1.Cl. The van der Waals surface area contributed by atoms with Crippen LogP contribution in [0.1, 0.15) is 31.0 Å². The molecule has 98 valence electrons. The molecule has 0 heterocycles. The molecule has 0 unspecified atom stereocenters. The van der Waals surface area contributed by atoms with E-state index in [4.69, 9.17) is 15.7 Å². The van der Waals surface area contributed by atoms with E-state index in [1.807, 2.05) is 6.07 Å². The molecule has 1 aromatic rings. The largest absolute Gasteiger partial charge is 0.469 e. The summed E-state index contributed by atoms with van der Waals surface area (Å²) in [5.41, 5.74) is 6.51. The third kappa shape index (κ3) is 3.22. The van der Waals surface area contributed by atoms with Crippen LogP contribution in [0.5, 0.6) is 0 Å². The van der Waals surface area contributed by atoms with E-state index < -0.39 is 11.5 Å². The molecular weight excluding hydrogens is 252 g/mol. The highest BCUT2D eigenvalue weighted by Crippen LogP contribution is 2.32. The molecule has 0 aliphatic heterocycles. The zero-order valence-electron chi connectivity index (χ0n) is 10.6. The average molecular weight is 269 g/mol. The van der Waals surface area contributed by atoms with Crippen LogP contribution >= 0.6 is 12.4 Å². The van der Waals surface area contributed by atoms with Crippen LogP contribution in [0, 0.1) is 16.7 Å². The van der Waals surface area contributed by atoms with E-state index in [2.05, 4.69) is 0 Å². The van der Waals surface area contributed by atoms with Gasteiger partial charge in [-0.05, 0) is 31.5 Å². The number of hydrogen-bond acceptors (Lipinski definition) is 4. The van der Waals surface area contributed by atoms with Gasteiger partial charge >= 0.3 is 5.97 Å². The molecule has 0 radical (unpaired) electrons. The van der Waals surface area contributed by atoms with Crippen molar-refractivity contribution >= 4 is 18.4 Å². The molecule has 0 spiro atoms. The van der Waals surface area contributed by atoms with Gasteiger partial charge in [-0.3, -0.25) is 4.79 Å². The summed E-state index contributed by atoms with van der Waals surface area (Å²) < 4.78 is 4.73. The lowest BCUT2D eigenvalue weighted by Crippen LogP contribution is -2.37. The molecule has 1 aromatic carbocycles. The van der Waals surface area contributed by atoms with Crippen molar-refractivity contribution in [3.8, 4) is 6.07 Å². The molecule has 18 heavy (non-hydrogen) atoms. The van der Waals surface area contributed by atoms with Crippen LogP contribution in [-0.4, -0.2) is 13.1 Å². The minimum absolute atomic E-state index is 0. The number of carbonyl (C=O) groups excluding carboxylic acids is 1. The summed E-state index contributed by atoms with van der Waals surface area (Å²) in [4.78, 5) is 11.6. The van der Waals surface area contributed by atoms with Gasteiger partial charge in [0.25, 0.3) is 0 Å². The van der Waals surface area contributed by atoms with Gasteiger partial charge in [0.15, 0.2) is 0 Å². The Labute approximate surface area is 113 Å². The van der Waals surface area contributed by atoms with Crippen molar-refractivity contribution < 1.29 is 9.53 Å². The molecule has 0 aromatic heterocycles. The Morgan fingerprint density at radius 1 is 1.50 bits per heavy atom. The van der Waals surface area contributed by atoms with Gasteiger partial charge in [-0.2, -0.15) is 5.26 Å². The number of ether oxygens (including phenoxy) is 1. The van der Waals surface area contributed by atoms with Gasteiger partial charge in [0.1, 0.15) is 0 Å². The third-order valence-electron chi connectivity index (χ3n) is 2.86. The Morgan fingerprint density at radius 3 is 2.61 bits per heavy atom. The Balaban J connectivity index is 0.00000289. The topological polar surface area (TPSA) is 76.1 Å². The first kappa shape index (κ1) is 16.4. The standard InChI is InChI=1S/C13H16N2O2.ClH/c1-13(2,12(16)17-3)11(15)10-6-4-5-9(7-10)8-14;/h4-7,11H,15H2,1-3H3;1H/t11-;/m0./s1. The molecule has 5 heteroatoms. The first-order valence-electron chi connectivity index (χ1n) is 5.27. The molecule has 0 aliphatic carbocycles. The quantitative estimate of drug-likeness (QED) is 0.853. The van der Waals surface area contributed by atoms with Crippen LogP contribution < -0.4 is 5.73 Å². The third-order valence-corrected chi connectivity index (χ3v) is 2.86. The van der Waals surface area contributed by atoms with E-state index >= 15 is 0 Å². The molecule has 0 aliphatic rings. The van der Waals surface area contributed by atoms with Crippen LogP contribution in [0.15, 0.2) is 24.3 Å². The highest BCUT2D eigenvalue weighted by Gasteiger charge is 2.36. The maximum absolute atomic E-state index is 11.6. The lowest BCUT2D eigenvalue weighted by molar-refractivity contribution is -0.152. The summed E-state index contributed by atoms with van der Waals surface area (Å²) in [5, 5.41) is 8.82. The van der Waals surface area contributed by atoms with E-state index in [1.165, 1.54) is 7.11 Å². The van der Waals surface area contributed by atoms with Gasteiger partial charge in [-0.25, -0.2) is 0 Å². The average Bonchev–Trinajstić information content (AvgIpc) is 2.36. The zero-order valence-corrected chi connectivity index (χ0v) is 11.5. The molecule has 0 fully saturated rings. The first-order valence-corrected chi connectivity index (χ1v) is 5.27. The smallest absolute Gasteiger partial charge is 0.313 e. The summed E-state index contributed by atoms with van der Waals surface area (Å²) in [7, 11) is 1.34. The number of methoxy groups -OCH3 is 1. The Kier molecular flexibility index (Phi) is 5.83. The number of nitrogens with zero attached hydrogens (tertiary/aromatic N) is 1. The summed E-state index contributed by atoms with van der Waals surface area (Å²) in [6.07, 6.45) is 0. The van der Waals surface area contributed by atoms with Gasteiger partial charge in [-0.15, -0.1) is 12.4 Å². The molecule has 4 nitrogen and oxygen atoms in total. The van der Waals surface area contributed by atoms with E-state index in [-0.39, 0.29) is 18.4 Å². The molecule has 0 amide bonds. The molecular formula is C13H17ClN2O2. The highest BCUT2D eigenvalue weighted by molar-refractivity contribution is 5.85. The predicted molar refractivity (Wildman–Crippen MR) is 71.1 cm³/mol. The van der Waals surface area contributed by atoms with Crippen molar-refractivity contribution in [2.75, 3.05) is 7.11 Å². The molecule has 1 rings (SSSR count). The van der Waals surface area contributed by atoms with Crippen molar-refractivity contribution in [2.24, 2.45) is 11.1 Å². The van der Waals surface area contributed by atoms with E-state index in [9.17, 15) is 4.79 Å². The second-order valence-electron chi connectivity index (χ2n) is 4.43. The number of benzene rings is 1. The number of nitrogens with two attached hydrogens (primary N) is 1. The fourth-order valence-electron chi connectivity index (χ4n) is 1.61. The fraction of sp³-hybridized carbons (Fsp3) is 0.385. The molecule has 1 atom stereocenters. The maximum Gasteiger partial charge on any atom is 0.313 e. The van der Waals surface area contributed by atoms with Crippen LogP contribution in [0.25, 0.3) is 0 Å². The monoisotopic (exact) mass is 268 g/mol. The minimum atomic E-state index is -0.831. The summed E-state index contributed by atoms with van der Waals surface area (Å²) in [6.45, 7) is 3.45. The number of nitriles is 1. The lowest BCUT2D eigenvalue weighted by atomic mass is 9.81. The van der Waals surface area contributed by atoms with E-state index in [0.717, 1.165) is 5.56 Å². The number of hydrogen-bond donors (Lipinski definition) is 1.